The first-order valence-electron chi connectivity index (χ1n) is 6.46. The predicted octanol–water partition coefficient (Wildman–Crippen LogP) is 2.76. The summed E-state index contributed by atoms with van der Waals surface area (Å²) in [4.78, 5) is 18.9. The Kier molecular flexibility index (Phi) is 5.70. The Hall–Kier alpha value is -0.950. The molecule has 1 aromatic heterocycles. The van der Waals surface area contributed by atoms with Crippen molar-refractivity contribution in [3.63, 3.8) is 0 Å². The molecule has 1 atom stereocenters. The maximum absolute atomic E-state index is 12.4. The molecule has 0 saturated carbocycles. The molecule has 1 heterocycles. The average Bonchev–Trinajstić information content (AvgIpc) is 2.66. The summed E-state index contributed by atoms with van der Waals surface area (Å²) in [6.07, 6.45) is 2.03. The van der Waals surface area contributed by atoms with E-state index in [1.165, 1.54) is 11.3 Å². The number of carbonyl (C=O) groups is 1. The summed E-state index contributed by atoms with van der Waals surface area (Å²) in [6, 6.07) is 0.165. The van der Waals surface area contributed by atoms with Crippen molar-refractivity contribution in [1.29, 1.82) is 0 Å². The lowest BCUT2D eigenvalue weighted by Crippen LogP contribution is -2.36. The molecular formula is C13H24N4OS2. The van der Waals surface area contributed by atoms with Crippen LogP contribution in [-0.2, 0) is 0 Å². The largest absolute Gasteiger partial charge is 0.382 e. The fourth-order valence-corrected chi connectivity index (χ4v) is 3.35. The first-order chi connectivity index (χ1) is 9.15. The second kappa shape index (κ2) is 6.67. The minimum atomic E-state index is -0.108. The Bertz CT molecular complexity index is 467. The normalized spacial score (nSPS) is 13.1. The molecule has 0 bridgehead atoms. The Labute approximate surface area is 129 Å². The highest BCUT2D eigenvalue weighted by atomic mass is 32.2. The summed E-state index contributed by atoms with van der Waals surface area (Å²) in [7, 11) is 1.80. The molecule has 0 aliphatic heterocycles. The van der Waals surface area contributed by atoms with Gasteiger partial charge in [0, 0.05) is 24.4 Å². The van der Waals surface area contributed by atoms with E-state index in [9.17, 15) is 4.79 Å². The maximum Gasteiger partial charge on any atom is 0.267 e. The van der Waals surface area contributed by atoms with E-state index in [4.69, 9.17) is 5.73 Å². The van der Waals surface area contributed by atoms with E-state index >= 15 is 0 Å². The number of amides is 1. The lowest BCUT2D eigenvalue weighted by atomic mass is 10.1. The molecule has 3 N–H and O–H groups in total. The highest BCUT2D eigenvalue weighted by Crippen LogP contribution is 2.28. The summed E-state index contributed by atoms with van der Waals surface area (Å²) < 4.78 is 0. The van der Waals surface area contributed by atoms with Gasteiger partial charge in [-0.25, -0.2) is 4.98 Å². The fourth-order valence-electron chi connectivity index (χ4n) is 1.57. The number of nitrogens with one attached hydrogen (secondary N) is 1. The van der Waals surface area contributed by atoms with E-state index in [0.29, 0.717) is 15.8 Å². The van der Waals surface area contributed by atoms with Crippen LogP contribution in [0.4, 0.5) is 10.9 Å². The molecule has 114 valence electrons. The third-order valence-corrected chi connectivity index (χ3v) is 4.51. The van der Waals surface area contributed by atoms with Gasteiger partial charge in [0.05, 0.1) is 0 Å². The number of nitrogen functional groups attached to an aromatic ring is 1. The van der Waals surface area contributed by atoms with Crippen LogP contribution in [0.1, 0.15) is 37.4 Å². The van der Waals surface area contributed by atoms with Crippen molar-refractivity contribution in [2.75, 3.05) is 30.1 Å². The van der Waals surface area contributed by atoms with Gasteiger partial charge in [-0.05, 0) is 34.0 Å². The van der Waals surface area contributed by atoms with E-state index in [-0.39, 0.29) is 17.5 Å². The Morgan fingerprint density at radius 1 is 1.55 bits per heavy atom. The molecule has 1 unspecified atom stereocenters. The first-order valence-corrected chi connectivity index (χ1v) is 8.67. The Morgan fingerprint density at radius 2 is 2.15 bits per heavy atom. The second-order valence-electron chi connectivity index (χ2n) is 5.83. The molecule has 0 radical (unpaired) electrons. The lowest BCUT2D eigenvalue weighted by molar-refractivity contribution is 0.0763. The zero-order valence-electron chi connectivity index (χ0n) is 13.0. The number of anilines is 2. The molecule has 0 aromatic carbocycles. The molecule has 1 amide bonds. The van der Waals surface area contributed by atoms with Crippen LogP contribution in [0.25, 0.3) is 0 Å². The molecule has 0 spiro atoms. The maximum atomic E-state index is 12.4. The zero-order chi connectivity index (χ0) is 15.5. The van der Waals surface area contributed by atoms with Crippen molar-refractivity contribution in [2.24, 2.45) is 0 Å². The monoisotopic (exact) mass is 316 g/mol. The molecule has 0 aliphatic carbocycles. The minimum Gasteiger partial charge on any atom is -0.382 e. The second-order valence-corrected chi connectivity index (χ2v) is 7.74. The molecule has 0 saturated heterocycles. The Balaban J connectivity index is 2.88. The average molecular weight is 316 g/mol. The summed E-state index contributed by atoms with van der Waals surface area (Å²) in [5, 5.41) is 3.93. The van der Waals surface area contributed by atoms with E-state index in [0.717, 1.165) is 5.75 Å². The van der Waals surface area contributed by atoms with Crippen LogP contribution < -0.4 is 11.1 Å². The molecular weight excluding hydrogens is 292 g/mol. The van der Waals surface area contributed by atoms with Gasteiger partial charge < -0.3 is 16.0 Å². The number of hydrogen-bond donors (Lipinski definition) is 2. The van der Waals surface area contributed by atoms with E-state index in [1.54, 1.807) is 23.7 Å². The van der Waals surface area contributed by atoms with Crippen LogP contribution in [0.5, 0.6) is 0 Å². The number of hydrogen-bond acceptors (Lipinski definition) is 6. The highest BCUT2D eigenvalue weighted by Gasteiger charge is 2.24. The molecule has 7 heteroatoms. The number of nitrogens with zero attached hydrogens (tertiary/aromatic N) is 2. The summed E-state index contributed by atoms with van der Waals surface area (Å²) in [6.45, 7) is 8.15. The molecule has 1 rings (SSSR count). The number of thioether (sulfide) groups is 1. The number of aromatic nitrogens is 1. The number of nitrogens with two attached hydrogens (primary N) is 1. The zero-order valence-corrected chi connectivity index (χ0v) is 14.6. The summed E-state index contributed by atoms with van der Waals surface area (Å²) in [5.41, 5.74) is 5.77. The van der Waals surface area contributed by atoms with Crippen molar-refractivity contribution in [2.45, 2.75) is 39.3 Å². The number of rotatable bonds is 5. The minimum absolute atomic E-state index is 0.0662. The smallest absolute Gasteiger partial charge is 0.267 e. The van der Waals surface area contributed by atoms with E-state index < -0.39 is 0 Å². The van der Waals surface area contributed by atoms with E-state index in [2.05, 4.69) is 10.3 Å². The summed E-state index contributed by atoms with van der Waals surface area (Å²) >= 11 is 3.03. The third kappa shape index (κ3) is 4.56. The van der Waals surface area contributed by atoms with Gasteiger partial charge >= 0.3 is 0 Å². The van der Waals surface area contributed by atoms with Crippen LogP contribution >= 0.6 is 23.1 Å². The van der Waals surface area contributed by atoms with Gasteiger partial charge in [-0.3, -0.25) is 4.79 Å². The first kappa shape index (κ1) is 17.1. The topological polar surface area (TPSA) is 71.2 Å². The van der Waals surface area contributed by atoms with Gasteiger partial charge in [-0.2, -0.15) is 11.8 Å². The quantitative estimate of drug-likeness (QED) is 0.874. The van der Waals surface area contributed by atoms with Crippen LogP contribution in [0.3, 0.4) is 0 Å². The van der Waals surface area contributed by atoms with E-state index in [1.807, 2.05) is 34.0 Å². The SMILES string of the molecule is CSCC(C)N(C)C(=O)c1sc(NC(C)(C)C)nc1N. The molecule has 1 aromatic rings. The van der Waals surface area contributed by atoms with Crippen molar-refractivity contribution in [3.8, 4) is 0 Å². The molecule has 5 nitrogen and oxygen atoms in total. The summed E-state index contributed by atoms with van der Waals surface area (Å²) in [5.74, 6) is 1.13. The number of thiazole rings is 1. The van der Waals surface area contributed by atoms with Crippen molar-refractivity contribution >= 4 is 40.0 Å². The van der Waals surface area contributed by atoms with Crippen LogP contribution in [0.2, 0.25) is 0 Å². The number of carbonyl (C=O) groups excluding carboxylic acids is 1. The van der Waals surface area contributed by atoms with Crippen molar-refractivity contribution < 1.29 is 4.79 Å². The van der Waals surface area contributed by atoms with Gasteiger partial charge in [0.15, 0.2) is 5.13 Å². The standard InChI is InChI=1S/C13H24N4OS2/c1-8(7-19-6)17(5)11(18)9-10(14)15-12(20-9)16-13(2,3)4/h8H,7,14H2,1-6H3,(H,15,16). The van der Waals surface area contributed by atoms with Crippen molar-refractivity contribution in [3.05, 3.63) is 4.88 Å². The van der Waals surface area contributed by atoms with Gasteiger partial charge in [0.2, 0.25) is 0 Å². The van der Waals surface area contributed by atoms with Crippen LogP contribution in [0.15, 0.2) is 0 Å². The lowest BCUT2D eigenvalue weighted by Gasteiger charge is -2.23. The highest BCUT2D eigenvalue weighted by molar-refractivity contribution is 7.98. The third-order valence-electron chi connectivity index (χ3n) is 2.72. The molecule has 20 heavy (non-hydrogen) atoms. The molecule has 0 aliphatic rings. The van der Waals surface area contributed by atoms with Crippen LogP contribution in [0, 0.1) is 0 Å². The molecule has 0 fully saturated rings. The Morgan fingerprint density at radius 3 is 2.65 bits per heavy atom. The van der Waals surface area contributed by atoms with Crippen LogP contribution in [-0.4, -0.2) is 46.4 Å². The van der Waals surface area contributed by atoms with Crippen molar-refractivity contribution in [1.82, 2.24) is 9.88 Å². The van der Waals surface area contributed by atoms with Gasteiger partial charge in [-0.15, -0.1) is 0 Å². The fraction of sp³-hybridized carbons (Fsp3) is 0.692. The van der Waals surface area contributed by atoms with Gasteiger partial charge in [0.1, 0.15) is 10.7 Å². The predicted molar refractivity (Wildman–Crippen MR) is 89.8 cm³/mol. The van der Waals surface area contributed by atoms with Gasteiger partial charge in [0.25, 0.3) is 5.91 Å². The van der Waals surface area contributed by atoms with Gasteiger partial charge in [-0.1, -0.05) is 11.3 Å².